The Morgan fingerprint density at radius 2 is 2.23 bits per heavy atom. The Labute approximate surface area is 101 Å². The van der Waals surface area contributed by atoms with Crippen molar-refractivity contribution in [3.8, 4) is 0 Å². The highest BCUT2D eigenvalue weighted by molar-refractivity contribution is 9.11. The lowest BCUT2D eigenvalue weighted by Gasteiger charge is -2.07. The van der Waals surface area contributed by atoms with Gasteiger partial charge >= 0.3 is 0 Å². The molecule has 0 saturated carbocycles. The summed E-state index contributed by atoms with van der Waals surface area (Å²) in [5.74, 6) is 0. The van der Waals surface area contributed by atoms with E-state index < -0.39 is 0 Å². The van der Waals surface area contributed by atoms with Crippen molar-refractivity contribution in [3.05, 3.63) is 20.8 Å². The highest BCUT2D eigenvalue weighted by Gasteiger charge is 2.11. The van der Waals surface area contributed by atoms with Crippen molar-refractivity contribution in [2.75, 3.05) is 0 Å². The van der Waals surface area contributed by atoms with Crippen LogP contribution in [0, 0.1) is 0 Å². The summed E-state index contributed by atoms with van der Waals surface area (Å²) < 4.78 is 1.25. The van der Waals surface area contributed by atoms with Gasteiger partial charge < -0.3 is 0 Å². The topological polar surface area (TPSA) is 0 Å². The number of rotatable bonds is 5. The molecule has 0 spiro atoms. The molecule has 0 aromatic carbocycles. The first kappa shape index (κ1) is 11.7. The number of halogens is 2. The molecule has 0 nitrogen and oxygen atoms in total. The standard InChI is InChI=1S/C10H14Br2S/c1-2-3-4-5-8(11)10-9(12)6-7-13-10/h6-8H,2-5H2,1H3. The Kier molecular flexibility index (Phi) is 5.60. The van der Waals surface area contributed by atoms with Crippen LogP contribution in [0.1, 0.15) is 42.3 Å². The van der Waals surface area contributed by atoms with Crippen LogP contribution in [0.2, 0.25) is 0 Å². The van der Waals surface area contributed by atoms with E-state index in [1.54, 1.807) is 0 Å². The van der Waals surface area contributed by atoms with Crippen LogP contribution < -0.4 is 0 Å². The third-order valence-corrected chi connectivity index (χ3v) is 5.19. The highest BCUT2D eigenvalue weighted by atomic mass is 79.9. The largest absolute Gasteiger partial charge is 0.147 e. The molecule has 1 aromatic rings. The van der Waals surface area contributed by atoms with E-state index in [1.165, 1.54) is 35.0 Å². The van der Waals surface area contributed by atoms with E-state index >= 15 is 0 Å². The molecular formula is C10H14Br2S. The molecule has 13 heavy (non-hydrogen) atoms. The van der Waals surface area contributed by atoms with Crippen LogP contribution in [-0.2, 0) is 0 Å². The molecule has 1 atom stereocenters. The van der Waals surface area contributed by atoms with Crippen LogP contribution in [0.5, 0.6) is 0 Å². The molecular weight excluding hydrogens is 312 g/mol. The minimum atomic E-state index is 0.536. The molecule has 0 N–H and O–H groups in total. The predicted octanol–water partition coefficient (Wildman–Crippen LogP) is 5.53. The zero-order valence-corrected chi connectivity index (χ0v) is 11.7. The Bertz CT molecular complexity index is 245. The fourth-order valence-corrected chi connectivity index (χ4v) is 4.10. The van der Waals surface area contributed by atoms with Crippen molar-refractivity contribution in [2.24, 2.45) is 0 Å². The molecule has 0 aliphatic heterocycles. The molecule has 1 heterocycles. The van der Waals surface area contributed by atoms with Gasteiger partial charge in [-0.1, -0.05) is 42.1 Å². The maximum atomic E-state index is 3.73. The summed E-state index contributed by atoms with van der Waals surface area (Å²) in [6.07, 6.45) is 5.19. The molecule has 0 amide bonds. The quantitative estimate of drug-likeness (QED) is 0.493. The van der Waals surface area contributed by atoms with Gasteiger partial charge in [0, 0.05) is 9.35 Å². The summed E-state index contributed by atoms with van der Waals surface area (Å²) in [6.45, 7) is 2.24. The van der Waals surface area contributed by atoms with Gasteiger partial charge in [0.1, 0.15) is 0 Å². The van der Waals surface area contributed by atoms with Gasteiger partial charge in [0.25, 0.3) is 0 Å². The van der Waals surface area contributed by atoms with Crippen LogP contribution >= 0.6 is 43.2 Å². The van der Waals surface area contributed by atoms with Gasteiger partial charge in [-0.3, -0.25) is 0 Å². The monoisotopic (exact) mass is 324 g/mol. The lowest BCUT2D eigenvalue weighted by Crippen LogP contribution is -1.87. The van der Waals surface area contributed by atoms with Crippen molar-refractivity contribution < 1.29 is 0 Å². The Hall–Kier alpha value is 0.660. The molecule has 0 aliphatic rings. The van der Waals surface area contributed by atoms with Gasteiger partial charge in [-0.05, 0) is 33.8 Å². The molecule has 74 valence electrons. The fourth-order valence-electron chi connectivity index (χ4n) is 1.23. The SMILES string of the molecule is CCCCCC(Br)c1sccc1Br. The van der Waals surface area contributed by atoms with Crippen molar-refractivity contribution in [1.82, 2.24) is 0 Å². The predicted molar refractivity (Wildman–Crippen MR) is 67.8 cm³/mol. The zero-order valence-electron chi connectivity index (χ0n) is 7.72. The van der Waals surface area contributed by atoms with Gasteiger partial charge in [0.15, 0.2) is 0 Å². The fraction of sp³-hybridized carbons (Fsp3) is 0.600. The van der Waals surface area contributed by atoms with E-state index in [0.717, 1.165) is 0 Å². The van der Waals surface area contributed by atoms with Crippen molar-refractivity contribution in [1.29, 1.82) is 0 Å². The molecule has 1 rings (SSSR count). The second kappa shape index (κ2) is 6.20. The van der Waals surface area contributed by atoms with Gasteiger partial charge in [-0.15, -0.1) is 11.3 Å². The van der Waals surface area contributed by atoms with E-state index in [1.807, 2.05) is 11.3 Å². The third-order valence-electron chi connectivity index (χ3n) is 1.99. The molecule has 1 aromatic heterocycles. The highest BCUT2D eigenvalue weighted by Crippen LogP contribution is 2.37. The van der Waals surface area contributed by atoms with Crippen molar-refractivity contribution >= 4 is 43.2 Å². The van der Waals surface area contributed by atoms with E-state index in [2.05, 4.69) is 50.2 Å². The summed E-state index contributed by atoms with van der Waals surface area (Å²) in [5.41, 5.74) is 0. The number of unbranched alkanes of at least 4 members (excludes halogenated alkanes) is 2. The second-order valence-corrected chi connectivity index (χ2v) is 6.00. The zero-order chi connectivity index (χ0) is 9.68. The normalized spacial score (nSPS) is 13.2. The minimum Gasteiger partial charge on any atom is -0.147 e. The molecule has 0 saturated heterocycles. The Morgan fingerprint density at radius 3 is 2.77 bits per heavy atom. The van der Waals surface area contributed by atoms with Crippen LogP contribution in [0.15, 0.2) is 15.9 Å². The molecule has 0 radical (unpaired) electrons. The molecule has 0 bridgehead atoms. The van der Waals surface area contributed by atoms with Crippen LogP contribution in [-0.4, -0.2) is 0 Å². The van der Waals surface area contributed by atoms with E-state index in [-0.39, 0.29) is 0 Å². The summed E-state index contributed by atoms with van der Waals surface area (Å²) in [5, 5.41) is 2.13. The van der Waals surface area contributed by atoms with Gasteiger partial charge in [0.2, 0.25) is 0 Å². The summed E-state index contributed by atoms with van der Waals surface area (Å²) in [6, 6.07) is 2.12. The van der Waals surface area contributed by atoms with Crippen LogP contribution in [0.3, 0.4) is 0 Å². The third kappa shape index (κ3) is 3.72. The lowest BCUT2D eigenvalue weighted by molar-refractivity contribution is 0.666. The first-order valence-electron chi connectivity index (χ1n) is 4.62. The number of alkyl halides is 1. The number of thiophene rings is 1. The average molecular weight is 326 g/mol. The first-order chi connectivity index (χ1) is 6.25. The Balaban J connectivity index is 2.39. The van der Waals surface area contributed by atoms with Crippen molar-refractivity contribution in [3.63, 3.8) is 0 Å². The molecule has 0 aliphatic carbocycles. The van der Waals surface area contributed by atoms with Gasteiger partial charge in [-0.25, -0.2) is 0 Å². The molecule has 3 heteroatoms. The van der Waals surface area contributed by atoms with E-state index in [9.17, 15) is 0 Å². The van der Waals surface area contributed by atoms with Crippen molar-refractivity contribution in [2.45, 2.75) is 37.4 Å². The van der Waals surface area contributed by atoms with Gasteiger partial charge in [-0.2, -0.15) is 0 Å². The molecule has 0 fully saturated rings. The van der Waals surface area contributed by atoms with Gasteiger partial charge in [0.05, 0.1) is 4.83 Å². The second-order valence-electron chi connectivity index (χ2n) is 3.10. The smallest absolute Gasteiger partial charge is 0.0500 e. The first-order valence-corrected chi connectivity index (χ1v) is 7.21. The van der Waals surface area contributed by atoms with Crippen LogP contribution in [0.25, 0.3) is 0 Å². The molecule has 1 unspecified atom stereocenters. The number of hydrogen-bond donors (Lipinski definition) is 0. The average Bonchev–Trinajstić information content (AvgIpc) is 2.52. The number of hydrogen-bond acceptors (Lipinski definition) is 1. The van der Waals surface area contributed by atoms with Crippen LogP contribution in [0.4, 0.5) is 0 Å². The Morgan fingerprint density at radius 1 is 1.46 bits per heavy atom. The van der Waals surface area contributed by atoms with E-state index in [0.29, 0.717) is 4.83 Å². The maximum absolute atomic E-state index is 3.73. The maximum Gasteiger partial charge on any atom is 0.0500 e. The summed E-state index contributed by atoms with van der Waals surface area (Å²) >= 11 is 9.10. The van der Waals surface area contributed by atoms with E-state index in [4.69, 9.17) is 0 Å². The summed E-state index contributed by atoms with van der Waals surface area (Å²) in [7, 11) is 0. The minimum absolute atomic E-state index is 0.536. The lowest BCUT2D eigenvalue weighted by atomic mass is 10.1. The summed E-state index contributed by atoms with van der Waals surface area (Å²) in [4.78, 5) is 1.96.